The Morgan fingerprint density at radius 3 is 2.55 bits per heavy atom. The molecule has 1 saturated heterocycles. The first-order chi connectivity index (χ1) is 19.6. The number of anilines is 2. The van der Waals surface area contributed by atoms with Crippen LogP contribution >= 0.6 is 34.2 Å². The minimum absolute atomic E-state index is 0.0513. The molecular formula is C24H35ClIN7O6S2Si. The number of rotatable bonds is 13. The number of nitrogens with one attached hydrogen (secondary N) is 3. The summed E-state index contributed by atoms with van der Waals surface area (Å²) in [5.41, 5.74) is -0.376. The number of unbranched alkanes of at least 4 members (excludes halogenated alkanes) is 1. The molecule has 1 aliphatic rings. The van der Waals surface area contributed by atoms with Gasteiger partial charge >= 0.3 is 6.03 Å². The number of aromatic nitrogens is 2. The maximum atomic E-state index is 14.4. The fourth-order valence-electron chi connectivity index (χ4n) is 3.94. The number of nitro groups is 1. The standard InChI is InChI=1S/C24H35ClIN7O6S2Si/c1-42(2,3)13-12-41(38,39)31-40(37,11-7-4-8-27-22-21(26)17-28-23(25)30-22)20-15-18(14-19(16-20)33(35)36)29-24(34)32-9-5-6-10-32/h11,14-17H,4-10,12-13H2,1-3H3,(H,29,34)(H,31,37)(H,27,28,30). The summed E-state index contributed by atoms with van der Waals surface area (Å²) in [6, 6.07) is 3.57. The zero-order valence-corrected chi connectivity index (χ0v) is 29.1. The van der Waals surface area contributed by atoms with Crippen LogP contribution in [0.1, 0.15) is 25.7 Å². The van der Waals surface area contributed by atoms with Crippen LogP contribution in [-0.4, -0.2) is 77.3 Å². The quantitative estimate of drug-likeness (QED) is 0.0492. The fourth-order valence-corrected chi connectivity index (χ4v) is 11.8. The summed E-state index contributed by atoms with van der Waals surface area (Å²) in [7, 11) is -9.47. The number of benzene rings is 1. The molecule has 0 radical (unpaired) electrons. The lowest BCUT2D eigenvalue weighted by Gasteiger charge is -2.19. The van der Waals surface area contributed by atoms with Crippen LogP contribution in [0.3, 0.4) is 0 Å². The molecule has 0 bridgehead atoms. The number of halogens is 2. The Hall–Kier alpha value is -2.06. The van der Waals surface area contributed by atoms with Gasteiger partial charge in [0.2, 0.25) is 15.3 Å². The highest BCUT2D eigenvalue weighted by Crippen LogP contribution is 2.26. The van der Waals surface area contributed by atoms with E-state index in [2.05, 4.69) is 47.3 Å². The molecular weight excluding hydrogens is 737 g/mol. The minimum Gasteiger partial charge on any atom is -0.369 e. The molecule has 3 rings (SSSR count). The molecule has 0 spiro atoms. The van der Waals surface area contributed by atoms with E-state index in [-0.39, 0.29) is 28.0 Å². The van der Waals surface area contributed by atoms with Crippen molar-refractivity contribution in [1.82, 2.24) is 19.0 Å². The lowest BCUT2D eigenvalue weighted by molar-refractivity contribution is -0.385. The molecule has 1 fully saturated rings. The SMILES string of the molecule is C[Si](C)(C)CCS(=O)(=O)NS(=O)(=CCCCNc1nc(Cl)ncc1I)c1cc(NC(=O)N2CCCC2)cc([N+](=O)[O-])c1. The van der Waals surface area contributed by atoms with Gasteiger partial charge in [-0.15, -0.1) is 4.13 Å². The number of urea groups is 1. The normalized spacial score (nSPS) is 15.2. The van der Waals surface area contributed by atoms with Crippen LogP contribution in [0.4, 0.5) is 22.0 Å². The van der Waals surface area contributed by atoms with Crippen LogP contribution in [0, 0.1) is 13.7 Å². The van der Waals surface area contributed by atoms with E-state index >= 15 is 0 Å². The van der Waals surface area contributed by atoms with Crippen molar-refractivity contribution in [3.63, 3.8) is 0 Å². The molecule has 2 amide bonds. The van der Waals surface area contributed by atoms with Crippen molar-refractivity contribution in [3.8, 4) is 0 Å². The third-order valence-corrected chi connectivity index (χ3v) is 13.7. The first-order valence-corrected chi connectivity index (χ1v) is 21.7. The number of likely N-dealkylation sites (tertiary alicyclic amines) is 1. The number of amides is 2. The first kappa shape index (κ1) is 34.4. The molecule has 13 nitrogen and oxygen atoms in total. The number of non-ortho nitro benzene ring substituents is 1. The van der Waals surface area contributed by atoms with Crippen LogP contribution in [0.15, 0.2) is 29.3 Å². The molecule has 0 saturated carbocycles. The topological polar surface area (TPSA) is 177 Å². The minimum atomic E-state index is -4.03. The summed E-state index contributed by atoms with van der Waals surface area (Å²) in [5.74, 6) is 0.302. The highest BCUT2D eigenvalue weighted by molar-refractivity contribution is 14.1. The van der Waals surface area contributed by atoms with Gasteiger partial charge in [-0.1, -0.05) is 19.6 Å². The summed E-state index contributed by atoms with van der Waals surface area (Å²) in [4.78, 5) is 33.3. The van der Waals surface area contributed by atoms with E-state index in [1.807, 2.05) is 19.6 Å². The Bertz CT molecular complexity index is 1540. The molecule has 1 atom stereocenters. The average molecular weight is 772 g/mol. The highest BCUT2D eigenvalue weighted by atomic mass is 127. The first-order valence-electron chi connectivity index (χ1n) is 13.2. The van der Waals surface area contributed by atoms with E-state index in [0.29, 0.717) is 37.9 Å². The zero-order chi connectivity index (χ0) is 31.1. The number of sulfonamides is 1. The van der Waals surface area contributed by atoms with Gasteiger partial charge in [0.1, 0.15) is 5.82 Å². The molecule has 0 aliphatic carbocycles. The van der Waals surface area contributed by atoms with Crippen LogP contribution in [0.2, 0.25) is 31.0 Å². The highest BCUT2D eigenvalue weighted by Gasteiger charge is 2.26. The monoisotopic (exact) mass is 771 g/mol. The Labute approximate surface area is 266 Å². The number of nitro benzene ring substituents is 1. The molecule has 3 N–H and O–H groups in total. The van der Waals surface area contributed by atoms with Gasteiger partial charge in [0, 0.05) is 46.0 Å². The van der Waals surface area contributed by atoms with Gasteiger partial charge in [0.05, 0.1) is 34.5 Å². The maximum Gasteiger partial charge on any atom is 0.321 e. The predicted octanol–water partition coefficient (Wildman–Crippen LogP) is 4.78. The Balaban J connectivity index is 1.93. The molecule has 1 aromatic carbocycles. The second-order valence-electron chi connectivity index (χ2n) is 11.0. The number of hydrogen-bond donors (Lipinski definition) is 3. The molecule has 1 aromatic heterocycles. The van der Waals surface area contributed by atoms with E-state index < -0.39 is 44.4 Å². The van der Waals surface area contributed by atoms with Crippen molar-refractivity contribution in [1.29, 1.82) is 0 Å². The molecule has 1 unspecified atom stereocenters. The van der Waals surface area contributed by atoms with Gasteiger partial charge in [0.15, 0.2) is 0 Å². The second-order valence-corrected chi connectivity index (χ2v) is 22.4. The summed E-state index contributed by atoms with van der Waals surface area (Å²) < 4.78 is 43.7. The largest absolute Gasteiger partial charge is 0.369 e. The van der Waals surface area contributed by atoms with Gasteiger partial charge in [0.25, 0.3) is 5.69 Å². The fraction of sp³-hybridized carbons (Fsp3) is 0.500. The molecule has 2 heterocycles. The third-order valence-electron chi connectivity index (χ3n) is 6.21. The lowest BCUT2D eigenvalue weighted by Crippen LogP contribution is -2.36. The summed E-state index contributed by atoms with van der Waals surface area (Å²) >= 11 is 7.92. The molecule has 232 valence electrons. The number of nitrogens with zero attached hydrogens (tertiary/aromatic N) is 4. The molecule has 18 heteroatoms. The Morgan fingerprint density at radius 1 is 1.21 bits per heavy atom. The van der Waals surface area contributed by atoms with E-state index in [1.165, 1.54) is 11.4 Å². The predicted molar refractivity (Wildman–Crippen MR) is 178 cm³/mol. The summed E-state index contributed by atoms with van der Waals surface area (Å²) in [5, 5.41) is 19.0. The van der Waals surface area contributed by atoms with Crippen molar-refractivity contribution in [2.24, 2.45) is 0 Å². The van der Waals surface area contributed by atoms with E-state index in [4.69, 9.17) is 11.6 Å². The molecule has 2 aromatic rings. The number of hydrogen-bond acceptors (Lipinski definition) is 9. The van der Waals surface area contributed by atoms with Crippen LogP contribution in [0.5, 0.6) is 0 Å². The van der Waals surface area contributed by atoms with E-state index in [9.17, 15) is 27.5 Å². The van der Waals surface area contributed by atoms with E-state index in [1.54, 1.807) is 11.1 Å². The Morgan fingerprint density at radius 2 is 1.90 bits per heavy atom. The van der Waals surface area contributed by atoms with Crippen LogP contribution < -0.4 is 14.8 Å². The van der Waals surface area contributed by atoms with Crippen LogP contribution in [-0.2, 0) is 19.7 Å². The van der Waals surface area contributed by atoms with Crippen molar-refractivity contribution in [2.45, 2.75) is 56.3 Å². The van der Waals surface area contributed by atoms with Crippen molar-refractivity contribution < 1.29 is 22.3 Å². The van der Waals surface area contributed by atoms with E-state index in [0.717, 1.165) is 28.5 Å². The number of carbonyl (C=O) groups is 1. The average Bonchev–Trinajstić information content (AvgIpc) is 3.44. The smallest absolute Gasteiger partial charge is 0.321 e. The van der Waals surface area contributed by atoms with Crippen molar-refractivity contribution in [3.05, 3.63) is 43.4 Å². The van der Waals surface area contributed by atoms with Crippen molar-refractivity contribution >= 4 is 90.6 Å². The van der Waals surface area contributed by atoms with Gasteiger partial charge < -0.3 is 15.5 Å². The third kappa shape index (κ3) is 10.6. The molecule has 42 heavy (non-hydrogen) atoms. The van der Waals surface area contributed by atoms with Gasteiger partial charge in [-0.25, -0.2) is 22.4 Å². The van der Waals surface area contributed by atoms with Crippen molar-refractivity contribution in [2.75, 3.05) is 36.0 Å². The second kappa shape index (κ2) is 14.6. The summed E-state index contributed by atoms with van der Waals surface area (Å²) in [6.45, 7) is 7.60. The van der Waals surface area contributed by atoms with Gasteiger partial charge in [-0.05, 0) is 77.4 Å². The lowest BCUT2D eigenvalue weighted by atomic mass is 10.3. The Kier molecular flexibility index (Phi) is 12.0. The van der Waals surface area contributed by atoms with Crippen LogP contribution in [0.25, 0.3) is 0 Å². The molecule has 1 aliphatic heterocycles. The maximum absolute atomic E-state index is 14.4. The van der Waals surface area contributed by atoms with Gasteiger partial charge in [-0.3, -0.25) is 10.1 Å². The zero-order valence-electron chi connectivity index (χ0n) is 23.6. The summed E-state index contributed by atoms with van der Waals surface area (Å²) in [6.07, 6.45) is 3.89. The number of carbonyl (C=O) groups excluding carboxylic acids is 1. The van der Waals surface area contributed by atoms with Gasteiger partial charge in [-0.2, -0.15) is 4.98 Å².